The molecule has 1 saturated heterocycles. The molecule has 1 aliphatic heterocycles. The summed E-state index contributed by atoms with van der Waals surface area (Å²) in [5.41, 5.74) is 7.78. The number of nitrogens with two attached hydrogens (primary N) is 1. The van der Waals surface area contributed by atoms with Gasteiger partial charge in [0.25, 0.3) is 0 Å². The molecule has 4 atom stereocenters. The zero-order valence-corrected chi connectivity index (χ0v) is 27.1. The molecule has 2 aliphatic rings. The predicted octanol–water partition coefficient (Wildman–Crippen LogP) is 4.66. The van der Waals surface area contributed by atoms with Crippen molar-refractivity contribution in [2.24, 2.45) is 35.3 Å². The Morgan fingerprint density at radius 3 is 2.33 bits per heavy atom. The van der Waals surface area contributed by atoms with Crippen molar-refractivity contribution < 1.29 is 24.1 Å². The maximum Gasteiger partial charge on any atom is 0.223 e. The molecule has 8 nitrogen and oxygen atoms in total. The van der Waals surface area contributed by atoms with Crippen LogP contribution in [0.15, 0.2) is 18.2 Å². The minimum Gasteiger partial charge on any atom is -0.493 e. The highest BCUT2D eigenvalue weighted by Crippen LogP contribution is 2.32. The second kappa shape index (κ2) is 17.4. The second-order valence-corrected chi connectivity index (χ2v) is 13.5. The Bertz CT molecular complexity index is 930. The molecule has 1 aromatic rings. The maximum atomic E-state index is 13.3. The molecule has 1 aromatic carbocycles. The number of ether oxygens (including phenoxy) is 3. The molecule has 0 bridgehead atoms. The summed E-state index contributed by atoms with van der Waals surface area (Å²) in [6, 6.07) is 5.91. The number of aliphatic hydroxyl groups excluding tert-OH is 1. The van der Waals surface area contributed by atoms with Gasteiger partial charge in [-0.2, -0.15) is 0 Å². The molecule has 2 fully saturated rings. The first-order valence-electron chi connectivity index (χ1n) is 16.4. The number of piperidine rings is 1. The van der Waals surface area contributed by atoms with Crippen LogP contribution in [-0.2, 0) is 16.0 Å². The number of carbonyl (C=O) groups excluding carboxylic acids is 1. The quantitative estimate of drug-likeness (QED) is 0.202. The number of methoxy groups -OCH3 is 2. The molecule has 1 heterocycles. The summed E-state index contributed by atoms with van der Waals surface area (Å²) in [5.74, 6) is 2.94. The number of nitrogens with zero attached hydrogens (tertiary/aromatic N) is 1. The third-order valence-corrected chi connectivity index (χ3v) is 9.27. The van der Waals surface area contributed by atoms with Gasteiger partial charge in [-0.3, -0.25) is 4.79 Å². The van der Waals surface area contributed by atoms with Crippen LogP contribution in [0.3, 0.4) is 0 Å². The molecule has 1 aliphatic carbocycles. The van der Waals surface area contributed by atoms with E-state index in [-0.39, 0.29) is 29.7 Å². The number of aliphatic hydroxyl groups is 1. The molecular weight excluding hydrogens is 530 g/mol. The van der Waals surface area contributed by atoms with E-state index in [0.29, 0.717) is 37.7 Å². The zero-order chi connectivity index (χ0) is 30.6. The Kier molecular flexibility index (Phi) is 14.4. The van der Waals surface area contributed by atoms with Crippen molar-refractivity contribution in [3.8, 4) is 11.5 Å². The van der Waals surface area contributed by atoms with E-state index in [1.165, 1.54) is 19.4 Å². The third-order valence-electron chi connectivity index (χ3n) is 9.27. The molecule has 3 rings (SSSR count). The van der Waals surface area contributed by atoms with Crippen LogP contribution in [0.25, 0.3) is 0 Å². The van der Waals surface area contributed by atoms with Crippen LogP contribution in [0.4, 0.5) is 0 Å². The lowest BCUT2D eigenvalue weighted by atomic mass is 9.80. The molecule has 4 unspecified atom stereocenters. The van der Waals surface area contributed by atoms with Crippen molar-refractivity contribution >= 4 is 5.91 Å². The minimum absolute atomic E-state index is 0.0635. The van der Waals surface area contributed by atoms with Gasteiger partial charge in [0, 0.05) is 57.8 Å². The Hall–Kier alpha value is -1.87. The van der Waals surface area contributed by atoms with Crippen LogP contribution in [0.2, 0.25) is 0 Å². The number of hydrogen-bond donors (Lipinski definition) is 3. The monoisotopic (exact) mass is 589 g/mol. The summed E-state index contributed by atoms with van der Waals surface area (Å²) in [6.45, 7) is 13.1. The molecule has 0 aromatic heterocycles. The highest BCUT2D eigenvalue weighted by Gasteiger charge is 2.32. The van der Waals surface area contributed by atoms with Crippen molar-refractivity contribution in [3.63, 3.8) is 0 Å². The van der Waals surface area contributed by atoms with Crippen molar-refractivity contribution in [3.05, 3.63) is 23.8 Å². The van der Waals surface area contributed by atoms with Gasteiger partial charge in [0.05, 0.1) is 19.8 Å². The molecule has 1 amide bonds. The average Bonchev–Trinajstić information content (AvgIpc) is 3.78. The van der Waals surface area contributed by atoms with E-state index < -0.39 is 12.1 Å². The number of benzene rings is 1. The molecule has 0 radical (unpaired) electrons. The molecule has 4 N–H and O–H groups in total. The predicted molar refractivity (Wildman–Crippen MR) is 169 cm³/mol. The van der Waals surface area contributed by atoms with Gasteiger partial charge in [0.15, 0.2) is 11.5 Å². The molecule has 8 heteroatoms. The highest BCUT2D eigenvalue weighted by molar-refractivity contribution is 5.79. The van der Waals surface area contributed by atoms with Crippen molar-refractivity contribution in [2.75, 3.05) is 47.1 Å². The van der Waals surface area contributed by atoms with Gasteiger partial charge in [-0.1, -0.05) is 33.8 Å². The van der Waals surface area contributed by atoms with Gasteiger partial charge in [-0.05, 0) is 86.3 Å². The molecule has 0 spiro atoms. The van der Waals surface area contributed by atoms with Gasteiger partial charge in [0.2, 0.25) is 5.91 Å². The standard InChI is InChI=1S/C34H59N3O5/c1-23(2)27(18-26-10-11-32(41-6)33(19-26)42-17-7-16-40-5)20-30(35)31(38)21-29(24(3)4)34(39)36-28-12-14-37(15-13-28)22-25-8-9-25/h10-11,19,23-25,27-31,38H,7-9,12-18,20-22,35H2,1-6H3,(H,36,39). The van der Waals surface area contributed by atoms with E-state index in [0.717, 1.165) is 56.0 Å². The number of carbonyl (C=O) groups is 1. The molecule has 240 valence electrons. The zero-order valence-electron chi connectivity index (χ0n) is 27.1. The van der Waals surface area contributed by atoms with Gasteiger partial charge in [0.1, 0.15) is 0 Å². The smallest absolute Gasteiger partial charge is 0.223 e. The maximum absolute atomic E-state index is 13.3. The second-order valence-electron chi connectivity index (χ2n) is 13.5. The van der Waals surface area contributed by atoms with Gasteiger partial charge in [-0.25, -0.2) is 0 Å². The molecule has 42 heavy (non-hydrogen) atoms. The molecule has 1 saturated carbocycles. The number of nitrogens with one attached hydrogen (secondary N) is 1. The lowest BCUT2D eigenvalue weighted by Gasteiger charge is -2.34. The van der Waals surface area contributed by atoms with E-state index in [9.17, 15) is 9.90 Å². The first-order chi connectivity index (χ1) is 20.1. The lowest BCUT2D eigenvalue weighted by Crippen LogP contribution is -2.48. The fourth-order valence-electron chi connectivity index (χ4n) is 6.10. The van der Waals surface area contributed by atoms with Crippen molar-refractivity contribution in [1.82, 2.24) is 10.2 Å². The Balaban J connectivity index is 1.53. The first-order valence-corrected chi connectivity index (χ1v) is 16.4. The van der Waals surface area contributed by atoms with Crippen molar-refractivity contribution in [1.29, 1.82) is 0 Å². The van der Waals surface area contributed by atoms with Crippen LogP contribution in [0.5, 0.6) is 11.5 Å². The van der Waals surface area contributed by atoms with Crippen molar-refractivity contribution in [2.45, 2.75) is 97.2 Å². The topological polar surface area (TPSA) is 106 Å². The van der Waals surface area contributed by atoms with E-state index in [2.05, 4.69) is 50.0 Å². The average molecular weight is 590 g/mol. The van der Waals surface area contributed by atoms with Gasteiger partial charge >= 0.3 is 0 Å². The van der Waals surface area contributed by atoms with Crippen LogP contribution < -0.4 is 20.5 Å². The number of amides is 1. The van der Waals surface area contributed by atoms with Crippen LogP contribution in [0, 0.1) is 29.6 Å². The molecular formula is C34H59N3O5. The summed E-state index contributed by atoms with van der Waals surface area (Å²) >= 11 is 0. The van der Waals surface area contributed by atoms with E-state index in [1.807, 2.05) is 6.07 Å². The van der Waals surface area contributed by atoms with Crippen LogP contribution in [-0.4, -0.2) is 81.2 Å². The fourth-order valence-corrected chi connectivity index (χ4v) is 6.10. The number of rotatable bonds is 19. The third kappa shape index (κ3) is 11.3. The van der Waals surface area contributed by atoms with Gasteiger partial charge in [-0.15, -0.1) is 0 Å². The summed E-state index contributed by atoms with van der Waals surface area (Å²) < 4.78 is 16.6. The first kappa shape index (κ1) is 34.6. The number of hydrogen-bond acceptors (Lipinski definition) is 7. The number of likely N-dealkylation sites (tertiary alicyclic amines) is 1. The normalized spacial score (nSPS) is 19.5. The van der Waals surface area contributed by atoms with E-state index in [1.54, 1.807) is 14.2 Å². The Morgan fingerprint density at radius 2 is 1.74 bits per heavy atom. The van der Waals surface area contributed by atoms with Gasteiger partial charge < -0.3 is 35.3 Å². The summed E-state index contributed by atoms with van der Waals surface area (Å²) in [5, 5.41) is 14.5. The summed E-state index contributed by atoms with van der Waals surface area (Å²) in [4.78, 5) is 15.9. The fraction of sp³-hybridized carbons (Fsp3) is 0.794. The van der Waals surface area contributed by atoms with Crippen LogP contribution >= 0.6 is 0 Å². The minimum atomic E-state index is -0.736. The SMILES string of the molecule is COCCCOc1cc(CC(CC(N)C(O)CC(C(=O)NC2CCN(CC3CC3)CC2)C(C)C)C(C)C)ccc1OC. The Labute approximate surface area is 255 Å². The highest BCUT2D eigenvalue weighted by atomic mass is 16.5. The summed E-state index contributed by atoms with van der Waals surface area (Å²) in [7, 11) is 3.34. The largest absolute Gasteiger partial charge is 0.493 e. The Morgan fingerprint density at radius 1 is 1.02 bits per heavy atom. The van der Waals surface area contributed by atoms with E-state index >= 15 is 0 Å². The van der Waals surface area contributed by atoms with E-state index in [4.69, 9.17) is 19.9 Å². The summed E-state index contributed by atoms with van der Waals surface area (Å²) in [6.07, 6.45) is 6.73. The van der Waals surface area contributed by atoms with Crippen LogP contribution in [0.1, 0.15) is 78.2 Å². The lowest BCUT2D eigenvalue weighted by molar-refractivity contribution is -0.128.